The van der Waals surface area contributed by atoms with Crippen molar-refractivity contribution in [2.24, 2.45) is 0 Å². The molecule has 2 aromatic heterocycles. The summed E-state index contributed by atoms with van der Waals surface area (Å²) in [5, 5.41) is 4.12. The number of carbonyl (C=O) groups excluding carboxylic acids is 1. The molecule has 4 aromatic rings. The van der Waals surface area contributed by atoms with Gasteiger partial charge in [0.2, 0.25) is 18.5 Å². The Balaban J connectivity index is 1.12. The normalized spacial score (nSPS) is 14.8. The zero-order valence-corrected chi connectivity index (χ0v) is 19.8. The molecule has 184 valence electrons. The first-order chi connectivity index (χ1) is 17.7. The molecule has 0 unspecified atom stereocenters. The van der Waals surface area contributed by atoms with Gasteiger partial charge in [-0.2, -0.15) is 4.98 Å². The number of hydrogen-bond donors (Lipinski definition) is 0. The molecule has 1 saturated heterocycles. The summed E-state index contributed by atoms with van der Waals surface area (Å²) in [5.41, 5.74) is 2.50. The molecule has 0 aliphatic carbocycles. The molecular weight excluding hydrogens is 462 g/mol. The Morgan fingerprint density at radius 3 is 2.69 bits per heavy atom. The second-order valence-corrected chi connectivity index (χ2v) is 8.55. The molecule has 2 aromatic carbocycles. The van der Waals surface area contributed by atoms with Crippen molar-refractivity contribution in [2.45, 2.75) is 6.54 Å². The second-order valence-electron chi connectivity index (χ2n) is 8.55. The average molecular weight is 488 g/mol. The predicted octanol–water partition coefficient (Wildman–Crippen LogP) is 3.29. The van der Waals surface area contributed by atoms with Gasteiger partial charge in [0.25, 0.3) is 5.89 Å². The van der Waals surface area contributed by atoms with Gasteiger partial charge in [0, 0.05) is 37.9 Å². The van der Waals surface area contributed by atoms with Gasteiger partial charge in [-0.3, -0.25) is 4.79 Å². The number of benzene rings is 2. The highest BCUT2D eigenvalue weighted by Crippen LogP contribution is 2.35. The van der Waals surface area contributed by atoms with E-state index in [9.17, 15) is 4.79 Å². The fourth-order valence-electron chi connectivity index (χ4n) is 4.56. The fourth-order valence-corrected chi connectivity index (χ4v) is 4.56. The highest BCUT2D eigenvalue weighted by atomic mass is 16.7. The number of aromatic nitrogens is 3. The topological polar surface area (TPSA) is 95.1 Å². The van der Waals surface area contributed by atoms with E-state index in [1.807, 2.05) is 70.3 Å². The third-order valence-electron chi connectivity index (χ3n) is 6.47. The number of para-hydroxylation sites is 2. The lowest BCUT2D eigenvalue weighted by Crippen LogP contribution is -2.49. The van der Waals surface area contributed by atoms with Crippen LogP contribution in [0.25, 0.3) is 23.0 Å². The molecule has 1 fully saturated rings. The number of fused-ring (bicyclic) bond motifs is 1. The van der Waals surface area contributed by atoms with Crippen LogP contribution in [0, 0.1) is 0 Å². The van der Waals surface area contributed by atoms with Crippen molar-refractivity contribution in [3.63, 3.8) is 0 Å². The van der Waals surface area contributed by atoms with Crippen LogP contribution in [0.4, 0.5) is 5.69 Å². The van der Waals surface area contributed by atoms with Crippen LogP contribution in [0.15, 0.2) is 65.3 Å². The predicted molar refractivity (Wildman–Crippen MR) is 131 cm³/mol. The van der Waals surface area contributed by atoms with Crippen molar-refractivity contribution in [3.05, 3.63) is 60.8 Å². The van der Waals surface area contributed by atoms with Crippen molar-refractivity contribution in [3.8, 4) is 40.2 Å². The lowest BCUT2D eigenvalue weighted by Gasteiger charge is -2.36. The van der Waals surface area contributed by atoms with Gasteiger partial charge in [0.05, 0.1) is 12.8 Å². The molecule has 0 bridgehead atoms. The number of amides is 1. The summed E-state index contributed by atoms with van der Waals surface area (Å²) in [6.07, 6.45) is 1.85. The molecule has 0 N–H and O–H groups in total. The van der Waals surface area contributed by atoms with E-state index in [0.717, 1.165) is 30.1 Å². The van der Waals surface area contributed by atoms with Gasteiger partial charge in [-0.1, -0.05) is 17.3 Å². The first-order valence-corrected chi connectivity index (χ1v) is 11.7. The second kappa shape index (κ2) is 9.29. The van der Waals surface area contributed by atoms with E-state index in [-0.39, 0.29) is 19.2 Å². The Bertz CT molecular complexity index is 1390. The molecule has 2 aliphatic heterocycles. The minimum Gasteiger partial charge on any atom is -0.495 e. The lowest BCUT2D eigenvalue weighted by molar-refractivity contribution is -0.132. The summed E-state index contributed by atoms with van der Waals surface area (Å²) in [6.45, 7) is 3.16. The summed E-state index contributed by atoms with van der Waals surface area (Å²) in [7, 11) is 1.68. The fraction of sp³-hybridized carbons (Fsp3) is 0.269. The van der Waals surface area contributed by atoms with Crippen LogP contribution >= 0.6 is 0 Å². The van der Waals surface area contributed by atoms with E-state index in [4.69, 9.17) is 18.7 Å². The summed E-state index contributed by atoms with van der Waals surface area (Å²) < 4.78 is 23.7. The average Bonchev–Trinajstić information content (AvgIpc) is 3.69. The third kappa shape index (κ3) is 4.10. The first-order valence-electron chi connectivity index (χ1n) is 11.7. The van der Waals surface area contributed by atoms with E-state index in [1.165, 1.54) is 0 Å². The zero-order valence-electron chi connectivity index (χ0n) is 19.8. The van der Waals surface area contributed by atoms with Crippen LogP contribution in [-0.2, 0) is 11.3 Å². The number of methoxy groups -OCH3 is 1. The molecule has 0 radical (unpaired) electrons. The summed E-state index contributed by atoms with van der Waals surface area (Å²) >= 11 is 0. The number of nitrogens with zero attached hydrogens (tertiary/aromatic N) is 5. The van der Waals surface area contributed by atoms with Gasteiger partial charge < -0.3 is 33.1 Å². The van der Waals surface area contributed by atoms with Gasteiger partial charge >= 0.3 is 0 Å². The van der Waals surface area contributed by atoms with Gasteiger partial charge in [-0.05, 0) is 42.5 Å². The van der Waals surface area contributed by atoms with Crippen LogP contribution in [-0.4, -0.2) is 65.6 Å². The van der Waals surface area contributed by atoms with Crippen LogP contribution in [0.1, 0.15) is 0 Å². The summed E-state index contributed by atoms with van der Waals surface area (Å²) in [6, 6.07) is 17.2. The number of hydrogen-bond acceptors (Lipinski definition) is 8. The van der Waals surface area contributed by atoms with E-state index in [2.05, 4.69) is 15.0 Å². The molecule has 4 heterocycles. The van der Waals surface area contributed by atoms with Crippen molar-refractivity contribution >= 4 is 11.6 Å². The monoisotopic (exact) mass is 487 g/mol. The maximum Gasteiger partial charge on any atom is 0.274 e. The Labute approximate surface area is 207 Å². The van der Waals surface area contributed by atoms with Crippen LogP contribution in [0.5, 0.6) is 17.2 Å². The van der Waals surface area contributed by atoms with Gasteiger partial charge in [-0.25, -0.2) is 0 Å². The molecule has 2 aliphatic rings. The van der Waals surface area contributed by atoms with Crippen LogP contribution in [0.3, 0.4) is 0 Å². The molecule has 10 heteroatoms. The minimum absolute atomic E-state index is 0.0441. The van der Waals surface area contributed by atoms with Crippen molar-refractivity contribution in [1.82, 2.24) is 19.6 Å². The SMILES string of the molecule is COc1ccccc1N1CCN(C(=O)Cn2cccc2-c2nc(-c3ccc4c(c3)OCO4)no2)CC1. The summed E-state index contributed by atoms with van der Waals surface area (Å²) in [4.78, 5) is 21.8. The molecule has 0 saturated carbocycles. The van der Waals surface area contributed by atoms with Gasteiger partial charge in [0.1, 0.15) is 18.0 Å². The lowest BCUT2D eigenvalue weighted by atomic mass is 10.2. The molecular formula is C26H25N5O5. The minimum atomic E-state index is 0.0441. The van der Waals surface area contributed by atoms with Crippen molar-refractivity contribution in [2.75, 3.05) is 45.0 Å². The number of rotatable bonds is 6. The Morgan fingerprint density at radius 2 is 1.83 bits per heavy atom. The highest BCUT2D eigenvalue weighted by molar-refractivity contribution is 5.77. The smallest absolute Gasteiger partial charge is 0.274 e. The molecule has 1 amide bonds. The largest absolute Gasteiger partial charge is 0.495 e. The Kier molecular flexibility index (Phi) is 5.68. The maximum atomic E-state index is 13.1. The van der Waals surface area contributed by atoms with Crippen molar-refractivity contribution in [1.29, 1.82) is 0 Å². The molecule has 0 atom stereocenters. The molecule has 10 nitrogen and oxygen atoms in total. The Morgan fingerprint density at radius 1 is 1.00 bits per heavy atom. The van der Waals surface area contributed by atoms with Gasteiger partial charge in [0.15, 0.2) is 11.5 Å². The van der Waals surface area contributed by atoms with Crippen molar-refractivity contribution < 1.29 is 23.5 Å². The number of piperazine rings is 1. The van der Waals surface area contributed by atoms with Gasteiger partial charge in [-0.15, -0.1) is 0 Å². The van der Waals surface area contributed by atoms with Crippen LogP contribution < -0.4 is 19.1 Å². The molecule has 0 spiro atoms. The Hall–Kier alpha value is -4.47. The maximum absolute atomic E-state index is 13.1. The van der Waals surface area contributed by atoms with E-state index < -0.39 is 0 Å². The number of anilines is 1. The zero-order chi connectivity index (χ0) is 24.5. The van der Waals surface area contributed by atoms with E-state index >= 15 is 0 Å². The summed E-state index contributed by atoms with van der Waals surface area (Å²) in [5.74, 6) is 3.02. The van der Waals surface area contributed by atoms with Crippen LogP contribution in [0.2, 0.25) is 0 Å². The standard InChI is InChI=1S/C26H25N5O5/c1-33-21-7-3-2-5-19(21)29-11-13-30(14-12-29)24(32)16-31-10-4-6-20(31)26-27-25(28-36-26)18-8-9-22-23(15-18)35-17-34-22/h2-10,15H,11-14,16-17H2,1H3. The highest BCUT2D eigenvalue weighted by Gasteiger charge is 2.24. The third-order valence-corrected chi connectivity index (χ3v) is 6.47. The molecule has 6 rings (SSSR count). The first kappa shape index (κ1) is 22.0. The molecule has 36 heavy (non-hydrogen) atoms. The number of carbonyl (C=O) groups is 1. The quantitative estimate of drug-likeness (QED) is 0.409. The number of ether oxygens (including phenoxy) is 3. The van der Waals surface area contributed by atoms with E-state index in [0.29, 0.717) is 42.0 Å². The van der Waals surface area contributed by atoms with E-state index in [1.54, 1.807) is 7.11 Å².